The van der Waals surface area contributed by atoms with E-state index in [4.69, 9.17) is 4.74 Å². The number of benzene rings is 2. The highest BCUT2D eigenvalue weighted by molar-refractivity contribution is 6.04. The number of aryl methyl sites for hydroxylation is 1. The van der Waals surface area contributed by atoms with Crippen LogP contribution in [0.3, 0.4) is 0 Å². The van der Waals surface area contributed by atoms with Crippen molar-refractivity contribution in [2.45, 2.75) is 32.6 Å². The fourth-order valence-electron chi connectivity index (χ4n) is 4.30. The number of allylic oxidation sites excluding steroid dienone is 4. The molecule has 0 fully saturated rings. The van der Waals surface area contributed by atoms with Gasteiger partial charge in [0.15, 0.2) is 0 Å². The first kappa shape index (κ1) is 19.7. The maximum absolute atomic E-state index is 9.33. The fourth-order valence-corrected chi connectivity index (χ4v) is 4.30. The molecule has 1 heterocycles. The van der Waals surface area contributed by atoms with E-state index in [1.54, 1.807) is 0 Å². The first-order valence-electron chi connectivity index (χ1n) is 10.2. The number of hydrogen-bond acceptors (Lipinski definition) is 4. The summed E-state index contributed by atoms with van der Waals surface area (Å²) in [5.74, 6) is 0.921. The molecule has 0 radical (unpaired) electrons. The Hall–Kier alpha value is -3.63. The summed E-state index contributed by atoms with van der Waals surface area (Å²) in [4.78, 5) is 4.20. The van der Waals surface area contributed by atoms with Crippen molar-refractivity contribution >= 4 is 11.3 Å². The quantitative estimate of drug-likeness (QED) is 0.591. The van der Waals surface area contributed by atoms with Crippen LogP contribution in [-0.4, -0.2) is 12.3 Å². The van der Waals surface area contributed by atoms with Crippen LogP contribution in [0.1, 0.15) is 42.9 Å². The number of rotatable bonds is 1. The van der Waals surface area contributed by atoms with E-state index in [0.717, 1.165) is 47.4 Å². The molecule has 4 rings (SSSR count). The lowest BCUT2D eigenvalue weighted by Gasteiger charge is -2.36. The van der Waals surface area contributed by atoms with Crippen LogP contribution >= 0.6 is 0 Å². The zero-order valence-electron chi connectivity index (χ0n) is 17.1. The molecule has 0 amide bonds. The molecular formula is C26H23N3O. The second-order valence-electron chi connectivity index (χ2n) is 8.04. The van der Waals surface area contributed by atoms with E-state index in [-0.39, 0.29) is 5.41 Å². The largest absolute Gasteiger partial charge is 0.493 e. The van der Waals surface area contributed by atoms with Crippen molar-refractivity contribution in [1.29, 1.82) is 10.5 Å². The van der Waals surface area contributed by atoms with Gasteiger partial charge in [0, 0.05) is 6.42 Å². The Balaban J connectivity index is 1.76. The van der Waals surface area contributed by atoms with Gasteiger partial charge in [0.05, 0.1) is 24.0 Å². The number of aliphatic imine (C=N–C) groups is 1. The highest BCUT2D eigenvalue weighted by atomic mass is 16.5. The summed E-state index contributed by atoms with van der Waals surface area (Å²) < 4.78 is 6.03. The summed E-state index contributed by atoms with van der Waals surface area (Å²) in [7, 11) is 0. The van der Waals surface area contributed by atoms with E-state index in [1.807, 2.05) is 42.6 Å². The normalized spacial score (nSPS) is 22.3. The number of nitriles is 2. The van der Waals surface area contributed by atoms with Gasteiger partial charge in [-0.3, -0.25) is 0 Å². The molecular weight excluding hydrogens is 370 g/mol. The molecule has 0 aromatic heterocycles. The molecule has 2 aromatic rings. The minimum absolute atomic E-state index is 0.115. The van der Waals surface area contributed by atoms with Gasteiger partial charge >= 0.3 is 0 Å². The Bertz CT molecular complexity index is 1140. The molecule has 0 N–H and O–H groups in total. The average Bonchev–Trinajstić information content (AvgIpc) is 2.78. The molecule has 1 aliphatic carbocycles. The van der Waals surface area contributed by atoms with Crippen molar-refractivity contribution in [2.75, 3.05) is 6.61 Å². The fraction of sp³-hybridized carbons (Fsp3) is 0.269. The molecule has 30 heavy (non-hydrogen) atoms. The van der Waals surface area contributed by atoms with Crippen molar-refractivity contribution in [1.82, 2.24) is 0 Å². The predicted octanol–water partition coefficient (Wildman–Crippen LogP) is 5.62. The maximum Gasteiger partial charge on any atom is 0.205 e. The van der Waals surface area contributed by atoms with Crippen LogP contribution in [0.2, 0.25) is 0 Å². The maximum atomic E-state index is 9.33. The minimum atomic E-state index is -0.115. The van der Waals surface area contributed by atoms with Gasteiger partial charge in [0.1, 0.15) is 5.75 Å². The highest BCUT2D eigenvalue weighted by Crippen LogP contribution is 2.44. The monoisotopic (exact) mass is 393 g/mol. The summed E-state index contributed by atoms with van der Waals surface area (Å²) in [6.45, 7) is 2.74. The first-order valence-corrected chi connectivity index (χ1v) is 10.2. The van der Waals surface area contributed by atoms with Crippen LogP contribution in [0.25, 0.3) is 5.57 Å². The zero-order valence-corrected chi connectivity index (χ0v) is 17.1. The number of nitrogens with zero attached hydrogens (tertiary/aromatic N) is 3. The summed E-state index contributed by atoms with van der Waals surface area (Å²) in [5, 5.41) is 18.6. The van der Waals surface area contributed by atoms with E-state index in [2.05, 4.69) is 42.3 Å². The van der Waals surface area contributed by atoms with Gasteiger partial charge in [-0.1, -0.05) is 43.3 Å². The third kappa shape index (κ3) is 3.91. The Morgan fingerprint density at radius 3 is 2.77 bits per heavy atom. The van der Waals surface area contributed by atoms with E-state index in [1.165, 1.54) is 5.56 Å². The van der Waals surface area contributed by atoms with Crippen LogP contribution in [0.4, 0.5) is 0 Å². The predicted molar refractivity (Wildman–Crippen MR) is 118 cm³/mol. The molecule has 0 saturated heterocycles. The van der Waals surface area contributed by atoms with E-state index in [0.29, 0.717) is 18.6 Å². The lowest BCUT2D eigenvalue weighted by Crippen LogP contribution is -2.29. The molecule has 4 heteroatoms. The Morgan fingerprint density at radius 2 is 1.93 bits per heavy atom. The Morgan fingerprint density at radius 1 is 1.07 bits per heavy atom. The molecule has 1 unspecified atom stereocenters. The van der Waals surface area contributed by atoms with Gasteiger partial charge in [-0.15, -0.1) is 0 Å². The van der Waals surface area contributed by atoms with Crippen LogP contribution < -0.4 is 4.74 Å². The number of hydrogen-bond donors (Lipinski definition) is 0. The van der Waals surface area contributed by atoms with E-state index >= 15 is 0 Å². The van der Waals surface area contributed by atoms with Crippen molar-refractivity contribution in [3.8, 4) is 18.0 Å². The topological polar surface area (TPSA) is 69.2 Å². The van der Waals surface area contributed by atoms with E-state index in [9.17, 15) is 10.5 Å². The summed E-state index contributed by atoms with van der Waals surface area (Å²) in [5.41, 5.74) is 5.73. The van der Waals surface area contributed by atoms with Crippen molar-refractivity contribution in [3.05, 3.63) is 82.9 Å². The summed E-state index contributed by atoms with van der Waals surface area (Å²) in [6, 6.07) is 18.0. The van der Waals surface area contributed by atoms with Crippen LogP contribution in [0.5, 0.6) is 5.75 Å². The zero-order chi connectivity index (χ0) is 21.0. The summed E-state index contributed by atoms with van der Waals surface area (Å²) >= 11 is 0. The van der Waals surface area contributed by atoms with Gasteiger partial charge < -0.3 is 4.74 Å². The number of para-hydroxylation sites is 1. The van der Waals surface area contributed by atoms with Gasteiger partial charge in [0.25, 0.3) is 0 Å². The molecule has 0 bridgehead atoms. The van der Waals surface area contributed by atoms with Gasteiger partial charge in [0.2, 0.25) is 6.19 Å². The van der Waals surface area contributed by atoms with Gasteiger partial charge in [-0.05, 0) is 71.2 Å². The van der Waals surface area contributed by atoms with Crippen molar-refractivity contribution in [2.24, 2.45) is 10.4 Å². The molecule has 148 valence electrons. The molecule has 0 spiro atoms. The molecule has 0 saturated carbocycles. The van der Waals surface area contributed by atoms with Crippen LogP contribution in [0.15, 0.2) is 71.2 Å². The second-order valence-corrected chi connectivity index (χ2v) is 8.04. The van der Waals surface area contributed by atoms with Gasteiger partial charge in [-0.25, -0.2) is 0 Å². The lowest BCUT2D eigenvalue weighted by atomic mass is 9.68. The third-order valence-electron chi connectivity index (χ3n) is 6.06. The number of ether oxygens (including phenoxy) is 1. The highest BCUT2D eigenvalue weighted by Gasteiger charge is 2.34. The average molecular weight is 393 g/mol. The lowest BCUT2D eigenvalue weighted by molar-refractivity contribution is 0.314. The Labute approximate surface area is 177 Å². The van der Waals surface area contributed by atoms with Crippen molar-refractivity contribution < 1.29 is 4.74 Å². The van der Waals surface area contributed by atoms with E-state index < -0.39 is 0 Å². The molecule has 4 nitrogen and oxygen atoms in total. The first-order chi connectivity index (χ1) is 14.6. The molecule has 2 aromatic carbocycles. The smallest absolute Gasteiger partial charge is 0.205 e. The minimum Gasteiger partial charge on any atom is -0.493 e. The molecule has 1 aliphatic heterocycles. The third-order valence-corrected chi connectivity index (χ3v) is 6.06. The standard InChI is InChI=1S/C26H23N3O/c1-26-12-9-20-6-2-3-8-25(20)30-14-11-24(29-18-28)23(26)16-22(10-13-26)21-7-4-5-19(15-21)17-27/h2-8,10,15-16H,9,11-14H2,1H3. The van der Waals surface area contributed by atoms with Crippen LogP contribution in [-0.2, 0) is 6.42 Å². The van der Waals surface area contributed by atoms with Crippen LogP contribution in [0, 0.1) is 28.2 Å². The van der Waals surface area contributed by atoms with Crippen molar-refractivity contribution in [3.63, 3.8) is 0 Å². The Kier molecular flexibility index (Phi) is 5.50. The summed E-state index contributed by atoms with van der Waals surface area (Å²) in [6.07, 6.45) is 9.67. The molecule has 2 aliphatic rings. The van der Waals surface area contributed by atoms with Gasteiger partial charge in [-0.2, -0.15) is 15.5 Å². The second kappa shape index (κ2) is 8.39. The SMILES string of the molecule is CC12CC=C(c3cccc(C#N)c3)C=C1C(=NC#N)CCOc1ccccc1CC2. The number of fused-ring (bicyclic) bond motifs is 2. The molecule has 1 atom stereocenters.